The van der Waals surface area contributed by atoms with Crippen LogP contribution in [-0.2, 0) is 4.79 Å². The van der Waals surface area contributed by atoms with Gasteiger partial charge in [-0.05, 0) is 55.9 Å². The summed E-state index contributed by atoms with van der Waals surface area (Å²) >= 11 is 0. The van der Waals surface area contributed by atoms with Crippen molar-refractivity contribution in [1.29, 1.82) is 0 Å². The number of rotatable bonds is 3. The number of hydrogen-bond acceptors (Lipinski definition) is 3. The van der Waals surface area contributed by atoms with Gasteiger partial charge in [-0.2, -0.15) is 0 Å². The molecule has 2 saturated heterocycles. The molecule has 2 N–H and O–H groups in total. The number of urea groups is 1. The molecule has 3 amide bonds. The first-order chi connectivity index (χ1) is 12.8. The fourth-order valence-corrected chi connectivity index (χ4v) is 3.67. The molecule has 1 aromatic carbocycles. The lowest BCUT2D eigenvalue weighted by atomic mass is 9.98. The second-order valence-electron chi connectivity index (χ2n) is 7.70. The van der Waals surface area contributed by atoms with E-state index in [-0.39, 0.29) is 18.5 Å². The molecule has 0 radical (unpaired) electrons. The third kappa shape index (κ3) is 4.40. The lowest BCUT2D eigenvalue weighted by molar-refractivity contribution is -0.141. The number of aryl methyl sites for hydroxylation is 1. The normalized spacial score (nSPS) is 20.6. The van der Waals surface area contributed by atoms with Crippen LogP contribution < -0.4 is 5.32 Å². The molecule has 7 nitrogen and oxygen atoms in total. The van der Waals surface area contributed by atoms with Gasteiger partial charge < -0.3 is 20.2 Å². The molecule has 2 aliphatic heterocycles. The van der Waals surface area contributed by atoms with E-state index in [2.05, 4.69) is 12.2 Å². The number of piperidine rings is 1. The van der Waals surface area contributed by atoms with E-state index < -0.39 is 11.9 Å². The zero-order chi connectivity index (χ0) is 19.6. The van der Waals surface area contributed by atoms with Gasteiger partial charge in [-0.25, -0.2) is 4.79 Å². The number of carbonyl (C=O) groups is 3. The van der Waals surface area contributed by atoms with Gasteiger partial charge in [-0.15, -0.1) is 0 Å². The van der Waals surface area contributed by atoms with E-state index in [0.717, 1.165) is 31.5 Å². The lowest BCUT2D eigenvalue weighted by Gasteiger charge is -2.30. The van der Waals surface area contributed by atoms with Gasteiger partial charge >= 0.3 is 12.0 Å². The van der Waals surface area contributed by atoms with Crippen LogP contribution in [0.25, 0.3) is 0 Å². The summed E-state index contributed by atoms with van der Waals surface area (Å²) in [5.74, 6) is -0.660. The number of nitrogens with zero attached hydrogens (tertiary/aromatic N) is 2. The number of hydrogen-bond donors (Lipinski definition) is 2. The monoisotopic (exact) mass is 373 g/mol. The van der Waals surface area contributed by atoms with Crippen LogP contribution in [0, 0.1) is 18.8 Å². The maximum absolute atomic E-state index is 12.7. The second-order valence-corrected chi connectivity index (χ2v) is 7.70. The minimum absolute atomic E-state index is 0.0340. The number of carbonyl (C=O) groups excluding carboxylic acids is 2. The Labute approximate surface area is 159 Å². The summed E-state index contributed by atoms with van der Waals surface area (Å²) in [5, 5.41) is 11.9. The molecule has 0 saturated carbocycles. The van der Waals surface area contributed by atoms with Gasteiger partial charge in [0.1, 0.15) is 0 Å². The number of nitrogens with one attached hydrogen (secondary N) is 1. The van der Waals surface area contributed by atoms with Gasteiger partial charge in [-0.3, -0.25) is 9.59 Å². The van der Waals surface area contributed by atoms with E-state index in [1.165, 1.54) is 4.90 Å². The summed E-state index contributed by atoms with van der Waals surface area (Å²) in [6, 6.07) is 5.00. The Morgan fingerprint density at radius 3 is 2.33 bits per heavy atom. The average molecular weight is 373 g/mol. The van der Waals surface area contributed by atoms with Crippen LogP contribution >= 0.6 is 0 Å². The van der Waals surface area contributed by atoms with Gasteiger partial charge in [-0.1, -0.05) is 6.92 Å². The molecule has 2 aliphatic rings. The second kappa shape index (κ2) is 7.98. The van der Waals surface area contributed by atoms with Crippen LogP contribution in [0.3, 0.4) is 0 Å². The van der Waals surface area contributed by atoms with Gasteiger partial charge in [0, 0.05) is 37.4 Å². The minimum atomic E-state index is -0.864. The summed E-state index contributed by atoms with van der Waals surface area (Å²) in [6.45, 7) is 6.31. The number of anilines is 1. The molecule has 1 aromatic rings. The number of likely N-dealkylation sites (tertiary alicyclic amines) is 2. The van der Waals surface area contributed by atoms with Crippen LogP contribution in [0.4, 0.5) is 10.5 Å². The summed E-state index contributed by atoms with van der Waals surface area (Å²) in [4.78, 5) is 39.5. The van der Waals surface area contributed by atoms with Crippen molar-refractivity contribution in [3.8, 4) is 0 Å². The molecule has 1 unspecified atom stereocenters. The van der Waals surface area contributed by atoms with Crippen LogP contribution in [0.15, 0.2) is 18.2 Å². The number of amides is 3. The van der Waals surface area contributed by atoms with Crippen LogP contribution in [0.1, 0.15) is 42.1 Å². The first-order valence-electron chi connectivity index (χ1n) is 9.54. The molecule has 0 aromatic heterocycles. The molecule has 27 heavy (non-hydrogen) atoms. The molecule has 0 bridgehead atoms. The molecule has 2 fully saturated rings. The van der Waals surface area contributed by atoms with E-state index in [1.807, 2.05) is 11.8 Å². The van der Waals surface area contributed by atoms with Gasteiger partial charge in [0.2, 0.25) is 0 Å². The molecular weight excluding hydrogens is 346 g/mol. The van der Waals surface area contributed by atoms with E-state index in [9.17, 15) is 14.4 Å². The summed E-state index contributed by atoms with van der Waals surface area (Å²) in [7, 11) is 0. The standard InChI is InChI=1S/C20H27N3O4/c1-13-5-8-22(9-6-13)18(24)15-3-4-17(14(2)11-15)21-20(27)23-10-7-16(12-23)19(25)26/h3-4,11,13,16H,5-10,12H2,1-2H3,(H,21,27)(H,25,26). The van der Waals surface area contributed by atoms with Crippen molar-refractivity contribution >= 4 is 23.6 Å². The van der Waals surface area contributed by atoms with E-state index in [1.54, 1.807) is 18.2 Å². The van der Waals surface area contributed by atoms with Crippen molar-refractivity contribution < 1.29 is 19.5 Å². The lowest BCUT2D eigenvalue weighted by Crippen LogP contribution is -2.38. The van der Waals surface area contributed by atoms with Crippen molar-refractivity contribution in [1.82, 2.24) is 9.80 Å². The predicted octanol–water partition coefficient (Wildman–Crippen LogP) is 2.81. The SMILES string of the molecule is Cc1cc(C(=O)N2CCC(C)CC2)ccc1NC(=O)N1CCC(C(=O)O)C1. The molecule has 7 heteroatoms. The third-order valence-corrected chi connectivity index (χ3v) is 5.61. The molecule has 3 rings (SSSR count). The quantitative estimate of drug-likeness (QED) is 0.852. The molecule has 0 aliphatic carbocycles. The number of carboxylic acids is 1. The first-order valence-corrected chi connectivity index (χ1v) is 9.54. The highest BCUT2D eigenvalue weighted by Crippen LogP contribution is 2.23. The van der Waals surface area contributed by atoms with Gasteiger partial charge in [0.05, 0.1) is 5.92 Å². The largest absolute Gasteiger partial charge is 0.481 e. The van der Waals surface area contributed by atoms with Crippen LogP contribution in [0.2, 0.25) is 0 Å². The van der Waals surface area contributed by atoms with Gasteiger partial charge in [0.15, 0.2) is 0 Å². The Morgan fingerprint density at radius 1 is 1.07 bits per heavy atom. The zero-order valence-corrected chi connectivity index (χ0v) is 15.9. The van der Waals surface area contributed by atoms with Crippen LogP contribution in [0.5, 0.6) is 0 Å². The highest BCUT2D eigenvalue weighted by atomic mass is 16.4. The van der Waals surface area contributed by atoms with Crippen LogP contribution in [-0.4, -0.2) is 59.0 Å². The van der Waals surface area contributed by atoms with Gasteiger partial charge in [0.25, 0.3) is 5.91 Å². The topological polar surface area (TPSA) is 90.0 Å². The Morgan fingerprint density at radius 2 is 1.74 bits per heavy atom. The molecule has 146 valence electrons. The molecule has 0 spiro atoms. The van der Waals surface area contributed by atoms with E-state index >= 15 is 0 Å². The summed E-state index contributed by atoms with van der Waals surface area (Å²) < 4.78 is 0. The van der Waals surface area contributed by atoms with E-state index in [4.69, 9.17) is 5.11 Å². The maximum Gasteiger partial charge on any atom is 0.321 e. The highest BCUT2D eigenvalue weighted by molar-refractivity contribution is 5.96. The van der Waals surface area contributed by atoms with Crippen molar-refractivity contribution in [3.63, 3.8) is 0 Å². The fraction of sp³-hybridized carbons (Fsp3) is 0.550. The molecular formula is C20H27N3O4. The average Bonchev–Trinajstić information content (AvgIpc) is 3.14. The Kier molecular flexibility index (Phi) is 5.68. The van der Waals surface area contributed by atoms with Crippen molar-refractivity contribution in [2.45, 2.75) is 33.1 Å². The minimum Gasteiger partial charge on any atom is -0.481 e. The Balaban J connectivity index is 1.62. The van der Waals surface area contributed by atoms with Crippen molar-refractivity contribution in [3.05, 3.63) is 29.3 Å². The fourth-order valence-electron chi connectivity index (χ4n) is 3.67. The molecule has 2 heterocycles. The summed E-state index contributed by atoms with van der Waals surface area (Å²) in [5.41, 5.74) is 2.09. The Bertz CT molecular complexity index is 741. The predicted molar refractivity (Wildman–Crippen MR) is 102 cm³/mol. The summed E-state index contributed by atoms with van der Waals surface area (Å²) in [6.07, 6.45) is 2.54. The number of aliphatic carboxylic acids is 1. The third-order valence-electron chi connectivity index (χ3n) is 5.61. The number of carboxylic acid groups (broad SMARTS) is 1. The smallest absolute Gasteiger partial charge is 0.321 e. The first kappa shape index (κ1) is 19.2. The zero-order valence-electron chi connectivity index (χ0n) is 15.9. The highest BCUT2D eigenvalue weighted by Gasteiger charge is 2.31. The van der Waals surface area contributed by atoms with Crippen molar-refractivity contribution in [2.24, 2.45) is 11.8 Å². The molecule has 1 atom stereocenters. The van der Waals surface area contributed by atoms with Crippen molar-refractivity contribution in [2.75, 3.05) is 31.5 Å². The maximum atomic E-state index is 12.7. The Hall–Kier alpha value is -2.57. The number of benzene rings is 1. The van der Waals surface area contributed by atoms with E-state index in [0.29, 0.717) is 30.1 Å².